The van der Waals surface area contributed by atoms with E-state index >= 15 is 0 Å². The zero-order valence-electron chi connectivity index (χ0n) is 12.7. The highest BCUT2D eigenvalue weighted by molar-refractivity contribution is 14.1. The summed E-state index contributed by atoms with van der Waals surface area (Å²) in [5.41, 5.74) is -3.08. The van der Waals surface area contributed by atoms with E-state index in [4.69, 9.17) is 0 Å². The zero-order valence-corrected chi connectivity index (χ0v) is 14.8. The van der Waals surface area contributed by atoms with E-state index < -0.39 is 29.9 Å². The minimum atomic E-state index is -4.73. The van der Waals surface area contributed by atoms with Gasteiger partial charge in [0.05, 0.1) is 6.42 Å². The summed E-state index contributed by atoms with van der Waals surface area (Å²) in [5.74, 6) is -0.804. The van der Waals surface area contributed by atoms with Crippen molar-refractivity contribution in [1.29, 1.82) is 0 Å². The van der Waals surface area contributed by atoms with Gasteiger partial charge in [-0.1, -0.05) is 30.3 Å². The number of carbonyl (C=O) groups excluding carboxylic acids is 1. The number of amides is 1. The Hall–Kier alpha value is -1.94. The molecule has 0 aromatic heterocycles. The Morgan fingerprint density at radius 3 is 2.28 bits per heavy atom. The normalized spacial score (nSPS) is 20.5. The van der Waals surface area contributed by atoms with Gasteiger partial charge in [-0.15, -0.1) is 0 Å². The summed E-state index contributed by atoms with van der Waals surface area (Å²) in [6, 6.07) is 14.0. The number of benzene rings is 2. The van der Waals surface area contributed by atoms with Crippen LogP contribution in [0.2, 0.25) is 0 Å². The smallest absolute Gasteiger partial charge is 0.365 e. The van der Waals surface area contributed by atoms with Crippen molar-refractivity contribution in [3.05, 3.63) is 69.3 Å². The molecule has 0 bridgehead atoms. The lowest BCUT2D eigenvalue weighted by Gasteiger charge is -2.31. The number of carbonyl (C=O) groups is 1. The fourth-order valence-electron chi connectivity index (χ4n) is 2.56. The van der Waals surface area contributed by atoms with Gasteiger partial charge in [0.2, 0.25) is 0 Å². The number of hydrogen-bond acceptors (Lipinski definition) is 3. The number of nitrogens with zero attached hydrogens (tertiary/aromatic N) is 2. The molecular weight excluding hydrogens is 448 g/mol. The van der Waals surface area contributed by atoms with Gasteiger partial charge in [0.1, 0.15) is 5.71 Å². The maximum atomic E-state index is 13.1. The molecule has 1 N–H and O–H groups in total. The van der Waals surface area contributed by atoms with Crippen molar-refractivity contribution in [2.24, 2.45) is 5.10 Å². The van der Waals surface area contributed by atoms with E-state index in [1.165, 1.54) is 24.3 Å². The molecule has 1 aliphatic heterocycles. The average molecular weight is 460 g/mol. The third-order valence-corrected chi connectivity index (χ3v) is 4.55. The van der Waals surface area contributed by atoms with Crippen LogP contribution in [-0.4, -0.2) is 27.9 Å². The van der Waals surface area contributed by atoms with Crippen molar-refractivity contribution in [1.82, 2.24) is 5.01 Å². The molecule has 130 valence electrons. The number of rotatable bonds is 2. The van der Waals surface area contributed by atoms with Crippen LogP contribution in [-0.2, 0) is 5.72 Å². The molecule has 0 spiro atoms. The Bertz CT molecular complexity index is 822. The van der Waals surface area contributed by atoms with Crippen molar-refractivity contribution < 1.29 is 23.1 Å². The average Bonchev–Trinajstić information content (AvgIpc) is 2.95. The Balaban J connectivity index is 2.06. The molecule has 0 saturated heterocycles. The second-order valence-electron chi connectivity index (χ2n) is 5.53. The SMILES string of the molecule is O=C(c1ccc(I)cc1)N1N=C(C(F)(F)F)C[C@]1(O)c1ccccc1. The Labute approximate surface area is 155 Å². The first-order valence-corrected chi connectivity index (χ1v) is 8.32. The van der Waals surface area contributed by atoms with Crippen LogP contribution in [0.15, 0.2) is 59.7 Å². The van der Waals surface area contributed by atoms with Crippen LogP contribution in [0.25, 0.3) is 0 Å². The van der Waals surface area contributed by atoms with Gasteiger partial charge in [-0.2, -0.15) is 23.3 Å². The lowest BCUT2D eigenvalue weighted by Crippen LogP contribution is -2.43. The first-order valence-electron chi connectivity index (χ1n) is 7.24. The standard InChI is InChI=1S/C17H12F3IN2O2/c18-17(19,20)14-10-16(25,12-4-2-1-3-5-12)23(22-14)15(24)11-6-8-13(21)9-7-11/h1-9,25H,10H2/t16-/m0/s1. The molecule has 0 saturated carbocycles. The van der Waals surface area contributed by atoms with E-state index in [0.29, 0.717) is 5.01 Å². The molecule has 0 aliphatic carbocycles. The lowest BCUT2D eigenvalue weighted by atomic mass is 9.96. The van der Waals surface area contributed by atoms with Gasteiger partial charge in [-0.05, 0) is 46.9 Å². The first kappa shape index (κ1) is 17.9. The van der Waals surface area contributed by atoms with Gasteiger partial charge in [0.25, 0.3) is 5.91 Å². The summed E-state index contributed by atoms with van der Waals surface area (Å²) in [7, 11) is 0. The predicted octanol–water partition coefficient (Wildman–Crippen LogP) is 3.90. The van der Waals surface area contributed by atoms with Gasteiger partial charge < -0.3 is 5.11 Å². The molecule has 3 rings (SSSR count). The minimum absolute atomic E-state index is 0.141. The lowest BCUT2D eigenvalue weighted by molar-refractivity contribution is -0.0816. The molecule has 8 heteroatoms. The summed E-state index contributed by atoms with van der Waals surface area (Å²) in [6.07, 6.45) is -5.56. The van der Waals surface area contributed by atoms with E-state index in [1.54, 1.807) is 30.3 Å². The van der Waals surface area contributed by atoms with Crippen molar-refractivity contribution >= 4 is 34.2 Å². The van der Waals surface area contributed by atoms with Crippen LogP contribution >= 0.6 is 22.6 Å². The maximum Gasteiger partial charge on any atom is 0.431 e. The van der Waals surface area contributed by atoms with E-state index in [1.807, 2.05) is 22.6 Å². The van der Waals surface area contributed by atoms with Gasteiger partial charge in [0.15, 0.2) is 5.72 Å². The van der Waals surface area contributed by atoms with Crippen LogP contribution in [0.1, 0.15) is 22.3 Å². The van der Waals surface area contributed by atoms with Crippen molar-refractivity contribution in [3.8, 4) is 0 Å². The molecule has 4 nitrogen and oxygen atoms in total. The van der Waals surface area contributed by atoms with Crippen LogP contribution < -0.4 is 0 Å². The fourth-order valence-corrected chi connectivity index (χ4v) is 2.92. The molecule has 1 amide bonds. The van der Waals surface area contributed by atoms with Gasteiger partial charge in [-0.25, -0.2) is 0 Å². The third kappa shape index (κ3) is 3.40. The molecule has 2 aromatic carbocycles. The maximum absolute atomic E-state index is 13.1. The Morgan fingerprint density at radius 1 is 1.12 bits per heavy atom. The third-order valence-electron chi connectivity index (χ3n) is 3.83. The second-order valence-corrected chi connectivity index (χ2v) is 6.77. The van der Waals surface area contributed by atoms with Gasteiger partial charge in [0, 0.05) is 14.7 Å². The molecule has 1 heterocycles. The van der Waals surface area contributed by atoms with Crippen LogP contribution in [0.5, 0.6) is 0 Å². The second kappa shape index (κ2) is 6.41. The molecule has 0 fully saturated rings. The Morgan fingerprint density at radius 2 is 1.72 bits per heavy atom. The quantitative estimate of drug-likeness (QED) is 0.692. The Kier molecular flexibility index (Phi) is 4.58. The van der Waals surface area contributed by atoms with Crippen LogP contribution in [0, 0.1) is 3.57 Å². The zero-order chi connectivity index (χ0) is 18.2. The van der Waals surface area contributed by atoms with E-state index in [2.05, 4.69) is 5.10 Å². The summed E-state index contributed by atoms with van der Waals surface area (Å²) in [5, 5.41) is 14.9. The van der Waals surface area contributed by atoms with E-state index in [0.717, 1.165) is 3.57 Å². The highest BCUT2D eigenvalue weighted by atomic mass is 127. The highest BCUT2D eigenvalue weighted by Crippen LogP contribution is 2.40. The molecule has 1 aliphatic rings. The molecule has 2 aromatic rings. The van der Waals surface area contributed by atoms with Crippen LogP contribution in [0.4, 0.5) is 13.2 Å². The molecule has 1 atom stereocenters. The predicted molar refractivity (Wildman–Crippen MR) is 93.8 cm³/mol. The largest absolute Gasteiger partial charge is 0.431 e. The van der Waals surface area contributed by atoms with E-state index in [-0.39, 0.29) is 11.1 Å². The summed E-state index contributed by atoms with van der Waals surface area (Å²) < 4.78 is 40.3. The highest BCUT2D eigenvalue weighted by Gasteiger charge is 2.53. The summed E-state index contributed by atoms with van der Waals surface area (Å²) in [4.78, 5) is 12.7. The topological polar surface area (TPSA) is 52.9 Å². The number of hydrogen-bond donors (Lipinski definition) is 1. The van der Waals surface area contributed by atoms with Crippen molar-refractivity contribution in [2.75, 3.05) is 0 Å². The minimum Gasteiger partial charge on any atom is -0.365 e. The molecule has 0 unspecified atom stereocenters. The number of alkyl halides is 3. The fraction of sp³-hybridized carbons (Fsp3) is 0.176. The first-order chi connectivity index (χ1) is 11.7. The molecule has 0 radical (unpaired) electrons. The van der Waals surface area contributed by atoms with E-state index in [9.17, 15) is 23.1 Å². The number of hydrazone groups is 1. The monoisotopic (exact) mass is 460 g/mol. The summed E-state index contributed by atoms with van der Waals surface area (Å²) in [6.45, 7) is 0. The van der Waals surface area contributed by atoms with Gasteiger partial charge in [-0.3, -0.25) is 4.79 Å². The number of halogens is 4. The number of aliphatic hydroxyl groups is 1. The molecule has 25 heavy (non-hydrogen) atoms. The molecular formula is C17H12F3IN2O2. The van der Waals surface area contributed by atoms with Crippen molar-refractivity contribution in [3.63, 3.8) is 0 Å². The summed E-state index contributed by atoms with van der Waals surface area (Å²) >= 11 is 2.05. The van der Waals surface area contributed by atoms with Crippen molar-refractivity contribution in [2.45, 2.75) is 18.3 Å². The van der Waals surface area contributed by atoms with Crippen LogP contribution in [0.3, 0.4) is 0 Å². The van der Waals surface area contributed by atoms with Gasteiger partial charge >= 0.3 is 6.18 Å².